The SMILES string of the molecule is CNCc1ccc(OC(C)C(C)COc2ccc(C3C=N3)c(C(F)(F)F)c2)cc1C(F)(F)F. The van der Waals surface area contributed by atoms with Gasteiger partial charge in [0, 0.05) is 18.7 Å². The standard InChI is InChI=1S/C23H24F6N2O2/c1-13(12-32-16-6-7-18(21-11-31-21)20(8-16)23(27,28)29)14(2)33-17-5-4-15(10-30-3)19(9-17)22(24,25)26/h4-9,11,13-14,21,30H,10,12H2,1-3H3. The predicted molar refractivity (Wildman–Crippen MR) is 112 cm³/mol. The second-order valence-electron chi connectivity index (χ2n) is 7.95. The van der Waals surface area contributed by atoms with Crippen LogP contribution < -0.4 is 14.8 Å². The number of benzene rings is 2. The zero-order chi connectivity index (χ0) is 24.4. The van der Waals surface area contributed by atoms with Gasteiger partial charge in [-0.25, -0.2) is 0 Å². The summed E-state index contributed by atoms with van der Waals surface area (Å²) in [5, 5.41) is 2.70. The third kappa shape index (κ3) is 6.40. The highest BCUT2D eigenvalue weighted by Crippen LogP contribution is 2.40. The average Bonchev–Trinajstić information content (AvgIpc) is 3.57. The largest absolute Gasteiger partial charge is 0.493 e. The Labute approximate surface area is 187 Å². The van der Waals surface area contributed by atoms with E-state index in [9.17, 15) is 26.3 Å². The lowest BCUT2D eigenvalue weighted by atomic mass is 10.0. The van der Waals surface area contributed by atoms with E-state index >= 15 is 0 Å². The van der Waals surface area contributed by atoms with Crippen LogP contribution in [0.1, 0.15) is 42.1 Å². The van der Waals surface area contributed by atoms with Crippen molar-refractivity contribution in [2.45, 2.75) is 44.9 Å². The van der Waals surface area contributed by atoms with E-state index in [0.717, 1.165) is 12.1 Å². The van der Waals surface area contributed by atoms with Crippen LogP contribution in [0.5, 0.6) is 11.5 Å². The molecule has 0 bridgehead atoms. The van der Waals surface area contributed by atoms with Gasteiger partial charge in [0.05, 0.1) is 17.7 Å². The molecule has 1 aliphatic heterocycles. The number of alkyl halides is 6. The first-order valence-electron chi connectivity index (χ1n) is 10.3. The summed E-state index contributed by atoms with van der Waals surface area (Å²) < 4.78 is 91.4. The maximum Gasteiger partial charge on any atom is 0.416 e. The van der Waals surface area contributed by atoms with Gasteiger partial charge in [0.15, 0.2) is 0 Å². The first-order chi connectivity index (χ1) is 15.4. The Kier molecular flexibility index (Phi) is 7.26. The zero-order valence-corrected chi connectivity index (χ0v) is 18.2. The average molecular weight is 474 g/mol. The third-order valence-electron chi connectivity index (χ3n) is 5.34. The molecule has 1 heterocycles. The Morgan fingerprint density at radius 1 is 0.939 bits per heavy atom. The summed E-state index contributed by atoms with van der Waals surface area (Å²) in [4.78, 5) is 3.79. The van der Waals surface area contributed by atoms with Gasteiger partial charge in [-0.15, -0.1) is 0 Å². The number of halogens is 6. The zero-order valence-electron chi connectivity index (χ0n) is 18.2. The fourth-order valence-corrected chi connectivity index (χ4v) is 3.26. The molecule has 10 heteroatoms. The Morgan fingerprint density at radius 3 is 2.12 bits per heavy atom. The fraction of sp³-hybridized carbons (Fsp3) is 0.435. The summed E-state index contributed by atoms with van der Waals surface area (Å²) >= 11 is 0. The van der Waals surface area contributed by atoms with Gasteiger partial charge in [0.1, 0.15) is 23.6 Å². The Morgan fingerprint density at radius 2 is 1.55 bits per heavy atom. The highest BCUT2D eigenvalue weighted by Gasteiger charge is 2.37. The van der Waals surface area contributed by atoms with Crippen LogP contribution in [0.2, 0.25) is 0 Å². The number of nitrogens with zero attached hydrogens (tertiary/aromatic N) is 1. The predicted octanol–water partition coefficient (Wildman–Crippen LogP) is 6.05. The van der Waals surface area contributed by atoms with Crippen LogP contribution in [0.15, 0.2) is 41.4 Å². The Balaban J connectivity index is 1.65. The van der Waals surface area contributed by atoms with Crippen LogP contribution >= 0.6 is 0 Å². The van der Waals surface area contributed by atoms with E-state index in [0.29, 0.717) is 0 Å². The molecule has 180 valence electrons. The molecule has 0 saturated heterocycles. The van der Waals surface area contributed by atoms with Crippen LogP contribution in [0.3, 0.4) is 0 Å². The summed E-state index contributed by atoms with van der Waals surface area (Å²) in [6.45, 7) is 3.47. The number of hydrogen-bond donors (Lipinski definition) is 1. The highest BCUT2D eigenvalue weighted by molar-refractivity contribution is 5.80. The molecule has 1 aliphatic rings. The molecule has 0 radical (unpaired) electrons. The third-order valence-corrected chi connectivity index (χ3v) is 5.34. The summed E-state index contributed by atoms with van der Waals surface area (Å²) in [7, 11) is 1.55. The van der Waals surface area contributed by atoms with Crippen LogP contribution in [0.4, 0.5) is 26.3 Å². The second kappa shape index (κ2) is 9.62. The molecule has 3 unspecified atom stereocenters. The van der Waals surface area contributed by atoms with Gasteiger partial charge in [0.25, 0.3) is 0 Å². The second-order valence-corrected chi connectivity index (χ2v) is 7.95. The minimum Gasteiger partial charge on any atom is -0.493 e. The minimum absolute atomic E-state index is 0.0156. The van der Waals surface area contributed by atoms with Crippen molar-refractivity contribution in [2.24, 2.45) is 10.9 Å². The van der Waals surface area contributed by atoms with Gasteiger partial charge in [-0.1, -0.05) is 19.1 Å². The molecule has 0 aliphatic carbocycles. The monoisotopic (exact) mass is 474 g/mol. The molecule has 0 saturated carbocycles. The molecule has 0 aromatic heterocycles. The van der Waals surface area contributed by atoms with Gasteiger partial charge < -0.3 is 14.8 Å². The molecule has 1 N–H and O–H groups in total. The molecule has 0 spiro atoms. The number of aliphatic imine (C=N–C) groups is 1. The van der Waals surface area contributed by atoms with E-state index < -0.39 is 35.6 Å². The molecule has 0 amide bonds. The van der Waals surface area contributed by atoms with Gasteiger partial charge >= 0.3 is 12.4 Å². The Hall–Kier alpha value is -2.75. The van der Waals surface area contributed by atoms with E-state index in [1.165, 1.54) is 30.5 Å². The molecule has 3 atom stereocenters. The van der Waals surface area contributed by atoms with Gasteiger partial charge in [-0.3, -0.25) is 4.99 Å². The lowest BCUT2D eigenvalue weighted by Crippen LogP contribution is -2.27. The van der Waals surface area contributed by atoms with Crippen molar-refractivity contribution in [3.05, 3.63) is 58.7 Å². The molecule has 4 nitrogen and oxygen atoms in total. The first kappa shape index (κ1) is 24.9. The van der Waals surface area contributed by atoms with E-state index in [2.05, 4.69) is 10.3 Å². The fourth-order valence-electron chi connectivity index (χ4n) is 3.26. The van der Waals surface area contributed by atoms with Crippen molar-refractivity contribution >= 4 is 6.21 Å². The number of nitrogens with one attached hydrogen (secondary N) is 1. The number of hydrogen-bond acceptors (Lipinski definition) is 4. The van der Waals surface area contributed by atoms with E-state index in [1.807, 2.05) is 0 Å². The maximum atomic E-state index is 13.4. The number of ether oxygens (including phenoxy) is 2. The van der Waals surface area contributed by atoms with Gasteiger partial charge in [0.2, 0.25) is 0 Å². The molecule has 3 rings (SSSR count). The molecule has 2 aromatic rings. The molecule has 33 heavy (non-hydrogen) atoms. The van der Waals surface area contributed by atoms with Gasteiger partial charge in [-0.2, -0.15) is 26.3 Å². The van der Waals surface area contributed by atoms with Crippen molar-refractivity contribution < 1.29 is 35.8 Å². The maximum absolute atomic E-state index is 13.4. The van der Waals surface area contributed by atoms with E-state index in [-0.39, 0.29) is 41.7 Å². The molecular formula is C23H24F6N2O2. The lowest BCUT2D eigenvalue weighted by molar-refractivity contribution is -0.139. The summed E-state index contributed by atoms with van der Waals surface area (Å²) in [5.74, 6) is -0.228. The molecular weight excluding hydrogens is 450 g/mol. The van der Waals surface area contributed by atoms with Crippen molar-refractivity contribution in [3.63, 3.8) is 0 Å². The summed E-state index contributed by atoms with van der Waals surface area (Å²) in [6.07, 6.45) is -8.19. The van der Waals surface area contributed by atoms with Crippen molar-refractivity contribution in [1.29, 1.82) is 0 Å². The molecule has 0 fully saturated rings. The molecule has 2 aromatic carbocycles. The van der Waals surface area contributed by atoms with Crippen molar-refractivity contribution in [2.75, 3.05) is 13.7 Å². The lowest BCUT2D eigenvalue weighted by Gasteiger charge is -2.23. The topological polar surface area (TPSA) is 42.8 Å². The van der Waals surface area contributed by atoms with Crippen LogP contribution in [0.25, 0.3) is 0 Å². The van der Waals surface area contributed by atoms with Crippen molar-refractivity contribution in [3.8, 4) is 11.5 Å². The first-order valence-corrected chi connectivity index (χ1v) is 10.3. The highest BCUT2D eigenvalue weighted by atomic mass is 19.4. The minimum atomic E-state index is -4.54. The number of rotatable bonds is 9. The Bertz CT molecular complexity index is 997. The summed E-state index contributed by atoms with van der Waals surface area (Å²) in [6, 6.07) is 6.93. The van der Waals surface area contributed by atoms with Crippen LogP contribution in [-0.2, 0) is 18.9 Å². The summed E-state index contributed by atoms with van der Waals surface area (Å²) in [5.41, 5.74) is -1.42. The van der Waals surface area contributed by atoms with E-state index in [4.69, 9.17) is 9.47 Å². The van der Waals surface area contributed by atoms with E-state index in [1.54, 1.807) is 20.9 Å². The normalized spacial score (nSPS) is 17.5. The van der Waals surface area contributed by atoms with Crippen LogP contribution in [0, 0.1) is 5.92 Å². The van der Waals surface area contributed by atoms with Crippen molar-refractivity contribution in [1.82, 2.24) is 5.32 Å². The van der Waals surface area contributed by atoms with Gasteiger partial charge in [-0.05, 0) is 49.4 Å². The quantitative estimate of drug-likeness (QED) is 0.450. The van der Waals surface area contributed by atoms with Crippen LogP contribution in [-0.4, -0.2) is 26.0 Å². The smallest absolute Gasteiger partial charge is 0.416 e.